The van der Waals surface area contributed by atoms with E-state index in [-0.39, 0.29) is 29.8 Å². The van der Waals surface area contributed by atoms with Gasteiger partial charge in [0.1, 0.15) is 18.7 Å². The maximum Gasteiger partial charge on any atom is 0.243 e. The number of carbonyl (C=O) groups excluding carboxylic acids is 2. The summed E-state index contributed by atoms with van der Waals surface area (Å²) < 4.78 is 1.69. The van der Waals surface area contributed by atoms with E-state index in [0.717, 1.165) is 49.8 Å². The average molecular weight is 396 g/mol. The maximum absolute atomic E-state index is 13.0. The van der Waals surface area contributed by atoms with Crippen molar-refractivity contribution >= 4 is 11.8 Å². The Hall–Kier alpha value is -2.70. The number of nitrogens with one attached hydrogen (secondary N) is 1. The van der Waals surface area contributed by atoms with Gasteiger partial charge in [-0.1, -0.05) is 31.4 Å². The minimum absolute atomic E-state index is 0.0421. The first kappa shape index (κ1) is 19.6. The van der Waals surface area contributed by atoms with Crippen LogP contribution in [0.15, 0.2) is 36.9 Å². The van der Waals surface area contributed by atoms with Gasteiger partial charge in [0.25, 0.3) is 0 Å². The van der Waals surface area contributed by atoms with Crippen LogP contribution in [0.3, 0.4) is 0 Å². The van der Waals surface area contributed by atoms with Gasteiger partial charge < -0.3 is 10.2 Å². The smallest absolute Gasteiger partial charge is 0.243 e. The van der Waals surface area contributed by atoms with Gasteiger partial charge in [0.2, 0.25) is 11.8 Å². The van der Waals surface area contributed by atoms with Crippen LogP contribution in [0.25, 0.3) is 5.69 Å². The van der Waals surface area contributed by atoms with Crippen LogP contribution in [0, 0.1) is 5.92 Å². The topological polar surface area (TPSA) is 80.1 Å². The van der Waals surface area contributed by atoms with E-state index in [2.05, 4.69) is 15.4 Å². The Morgan fingerprint density at radius 1 is 1.07 bits per heavy atom. The van der Waals surface area contributed by atoms with Gasteiger partial charge in [-0.05, 0) is 50.3 Å². The SMILES string of the molecule is CC(NC(=O)C1CCCN1C(=O)C1CCCCC1)c1ccc(-n2cncn2)cc1. The minimum atomic E-state index is -0.332. The lowest BCUT2D eigenvalue weighted by atomic mass is 9.88. The molecular formula is C22H29N5O2. The van der Waals surface area contributed by atoms with Crippen molar-refractivity contribution in [2.75, 3.05) is 6.54 Å². The summed E-state index contributed by atoms with van der Waals surface area (Å²) in [6, 6.07) is 7.44. The number of hydrogen-bond acceptors (Lipinski definition) is 4. The van der Waals surface area contributed by atoms with Gasteiger partial charge in [-0.3, -0.25) is 9.59 Å². The number of amides is 2. The molecule has 2 atom stereocenters. The van der Waals surface area contributed by atoms with Crippen LogP contribution >= 0.6 is 0 Å². The molecule has 1 saturated carbocycles. The van der Waals surface area contributed by atoms with Gasteiger partial charge in [0.15, 0.2) is 0 Å². The molecule has 0 bridgehead atoms. The van der Waals surface area contributed by atoms with Crippen molar-refractivity contribution in [3.63, 3.8) is 0 Å². The molecule has 154 valence electrons. The second kappa shape index (κ2) is 8.76. The van der Waals surface area contributed by atoms with E-state index in [0.29, 0.717) is 6.54 Å². The molecule has 7 nitrogen and oxygen atoms in total. The van der Waals surface area contributed by atoms with Crippen molar-refractivity contribution in [3.05, 3.63) is 42.5 Å². The van der Waals surface area contributed by atoms with Gasteiger partial charge in [-0.15, -0.1) is 0 Å². The van der Waals surface area contributed by atoms with Crippen molar-refractivity contribution in [3.8, 4) is 5.69 Å². The molecule has 2 amide bonds. The number of nitrogens with zero attached hydrogens (tertiary/aromatic N) is 4. The summed E-state index contributed by atoms with van der Waals surface area (Å²) in [6.07, 6.45) is 10.2. The fraction of sp³-hybridized carbons (Fsp3) is 0.545. The highest BCUT2D eigenvalue weighted by Gasteiger charge is 2.37. The molecule has 1 aromatic carbocycles. The van der Waals surface area contributed by atoms with Crippen molar-refractivity contribution in [1.29, 1.82) is 0 Å². The third-order valence-corrected chi connectivity index (χ3v) is 6.23. The average Bonchev–Trinajstić information content (AvgIpc) is 3.46. The Bertz CT molecular complexity index is 827. The van der Waals surface area contributed by atoms with Gasteiger partial charge in [0.05, 0.1) is 11.7 Å². The second-order valence-electron chi connectivity index (χ2n) is 8.19. The van der Waals surface area contributed by atoms with Crippen LogP contribution in [0.2, 0.25) is 0 Å². The predicted octanol–water partition coefficient (Wildman–Crippen LogP) is 3.02. The van der Waals surface area contributed by atoms with E-state index in [1.165, 1.54) is 12.7 Å². The molecule has 2 unspecified atom stereocenters. The highest BCUT2D eigenvalue weighted by atomic mass is 16.2. The summed E-state index contributed by atoms with van der Waals surface area (Å²) in [5.41, 5.74) is 1.94. The Labute approximate surface area is 171 Å². The highest BCUT2D eigenvalue weighted by molar-refractivity contribution is 5.89. The van der Waals surface area contributed by atoms with Crippen molar-refractivity contribution in [1.82, 2.24) is 25.0 Å². The van der Waals surface area contributed by atoms with Crippen molar-refractivity contribution in [2.24, 2.45) is 5.92 Å². The van der Waals surface area contributed by atoms with Crippen LogP contribution < -0.4 is 5.32 Å². The summed E-state index contributed by atoms with van der Waals surface area (Å²) in [5, 5.41) is 7.24. The molecule has 0 spiro atoms. The molecule has 2 heterocycles. The van der Waals surface area contributed by atoms with Crippen LogP contribution in [0.5, 0.6) is 0 Å². The number of aromatic nitrogens is 3. The quantitative estimate of drug-likeness (QED) is 0.844. The Kier molecular flexibility index (Phi) is 5.92. The highest BCUT2D eigenvalue weighted by Crippen LogP contribution is 2.29. The number of hydrogen-bond donors (Lipinski definition) is 1. The monoisotopic (exact) mass is 395 g/mol. The van der Waals surface area contributed by atoms with Crippen LogP contribution in [-0.4, -0.2) is 44.1 Å². The number of carbonyl (C=O) groups is 2. The number of benzene rings is 1. The lowest BCUT2D eigenvalue weighted by molar-refractivity contribution is -0.142. The molecule has 2 aromatic rings. The Balaban J connectivity index is 1.38. The predicted molar refractivity (Wildman–Crippen MR) is 109 cm³/mol. The summed E-state index contributed by atoms with van der Waals surface area (Å²) >= 11 is 0. The first-order valence-electron chi connectivity index (χ1n) is 10.7. The van der Waals surface area contributed by atoms with E-state index in [4.69, 9.17) is 0 Å². The summed E-state index contributed by atoms with van der Waals surface area (Å²) in [6.45, 7) is 2.68. The first-order chi connectivity index (χ1) is 14.1. The van der Waals surface area contributed by atoms with E-state index < -0.39 is 0 Å². The van der Waals surface area contributed by atoms with Gasteiger partial charge in [-0.25, -0.2) is 9.67 Å². The zero-order chi connectivity index (χ0) is 20.2. The van der Waals surface area contributed by atoms with E-state index in [9.17, 15) is 9.59 Å². The van der Waals surface area contributed by atoms with E-state index >= 15 is 0 Å². The lowest BCUT2D eigenvalue weighted by Crippen LogP contribution is -2.48. The summed E-state index contributed by atoms with van der Waals surface area (Å²) in [5.74, 6) is 0.255. The third-order valence-electron chi connectivity index (χ3n) is 6.23. The van der Waals surface area contributed by atoms with Crippen LogP contribution in [0.1, 0.15) is 63.5 Å². The molecule has 4 rings (SSSR count). The zero-order valence-corrected chi connectivity index (χ0v) is 17.0. The third kappa shape index (κ3) is 4.33. The molecule has 1 aliphatic carbocycles. The fourth-order valence-electron chi connectivity index (χ4n) is 4.54. The first-order valence-corrected chi connectivity index (χ1v) is 10.7. The molecule has 7 heteroatoms. The molecule has 1 aromatic heterocycles. The Morgan fingerprint density at radius 3 is 2.52 bits per heavy atom. The number of likely N-dealkylation sites (tertiary alicyclic amines) is 1. The second-order valence-corrected chi connectivity index (χ2v) is 8.19. The lowest BCUT2D eigenvalue weighted by Gasteiger charge is -2.30. The summed E-state index contributed by atoms with van der Waals surface area (Å²) in [7, 11) is 0. The number of rotatable bonds is 5. The van der Waals surface area contributed by atoms with Crippen LogP contribution in [0.4, 0.5) is 0 Å². The molecule has 29 heavy (non-hydrogen) atoms. The molecule has 1 saturated heterocycles. The normalized spacial score (nSPS) is 21.1. The Morgan fingerprint density at radius 2 is 1.83 bits per heavy atom. The minimum Gasteiger partial charge on any atom is -0.348 e. The molecule has 2 aliphatic rings. The maximum atomic E-state index is 13.0. The van der Waals surface area contributed by atoms with Crippen LogP contribution in [-0.2, 0) is 9.59 Å². The largest absolute Gasteiger partial charge is 0.348 e. The van der Waals surface area contributed by atoms with Crippen molar-refractivity contribution < 1.29 is 9.59 Å². The molecular weight excluding hydrogens is 366 g/mol. The van der Waals surface area contributed by atoms with Crippen molar-refractivity contribution in [2.45, 2.75) is 64.0 Å². The molecule has 1 N–H and O–H groups in total. The van der Waals surface area contributed by atoms with Gasteiger partial charge in [-0.2, -0.15) is 5.10 Å². The fourth-order valence-corrected chi connectivity index (χ4v) is 4.54. The molecule has 0 radical (unpaired) electrons. The molecule has 1 aliphatic heterocycles. The zero-order valence-electron chi connectivity index (χ0n) is 17.0. The van der Waals surface area contributed by atoms with E-state index in [1.54, 1.807) is 11.0 Å². The summed E-state index contributed by atoms with van der Waals surface area (Å²) in [4.78, 5) is 31.7. The van der Waals surface area contributed by atoms with Gasteiger partial charge >= 0.3 is 0 Å². The van der Waals surface area contributed by atoms with E-state index in [1.807, 2.05) is 36.1 Å². The van der Waals surface area contributed by atoms with Gasteiger partial charge in [0, 0.05) is 12.5 Å². The molecule has 2 fully saturated rings. The standard InChI is InChI=1S/C22H29N5O2/c1-16(17-9-11-19(12-10-17)27-15-23-14-24-27)25-21(28)20-8-5-13-26(20)22(29)18-6-3-2-4-7-18/h9-12,14-16,18,20H,2-8,13H2,1H3,(H,25,28).